The average molecular weight is 503 g/mol. The lowest BCUT2D eigenvalue weighted by Gasteiger charge is -2.34. The maximum atomic E-state index is 15.4. The molecule has 37 heavy (non-hydrogen) atoms. The number of halogens is 1. The second-order valence-electron chi connectivity index (χ2n) is 10.2. The number of nitrogens with one attached hydrogen (secondary N) is 1. The topological polar surface area (TPSA) is 75.6 Å². The van der Waals surface area contributed by atoms with E-state index in [0.29, 0.717) is 28.2 Å². The molecule has 0 spiro atoms. The molecule has 2 bridgehead atoms. The van der Waals surface area contributed by atoms with Gasteiger partial charge in [0.2, 0.25) is 0 Å². The van der Waals surface area contributed by atoms with Crippen molar-refractivity contribution in [1.82, 2.24) is 19.9 Å². The minimum Gasteiger partial charge on any atom is -0.488 e. The van der Waals surface area contributed by atoms with Crippen LogP contribution in [0.25, 0.3) is 21.8 Å². The number of likely N-dealkylation sites (N-methyl/N-ethyl adjacent to an activating group) is 1. The van der Waals surface area contributed by atoms with E-state index in [1.807, 2.05) is 21.0 Å². The molecular weight excluding hydrogens is 471 g/mol. The summed E-state index contributed by atoms with van der Waals surface area (Å²) in [6.07, 6.45) is 5.81. The lowest BCUT2D eigenvalue weighted by atomic mass is 10.1. The fourth-order valence-corrected chi connectivity index (χ4v) is 5.44. The number of pyridine rings is 1. The molecule has 0 amide bonds. The van der Waals surface area contributed by atoms with Gasteiger partial charge in [-0.25, -0.2) is 14.4 Å². The summed E-state index contributed by atoms with van der Waals surface area (Å²) in [6, 6.07) is 11.1. The van der Waals surface area contributed by atoms with Crippen molar-refractivity contribution >= 4 is 39.0 Å². The highest BCUT2D eigenvalue weighted by molar-refractivity contribution is 5.98. The molecule has 9 heteroatoms. The summed E-state index contributed by atoms with van der Waals surface area (Å²) >= 11 is 0. The largest absolute Gasteiger partial charge is 0.488 e. The molecule has 2 saturated heterocycles. The Labute approximate surface area is 215 Å². The monoisotopic (exact) mass is 502 g/mol. The Bertz CT molecular complexity index is 1440. The van der Waals surface area contributed by atoms with Gasteiger partial charge in [0.15, 0.2) is 5.82 Å². The Kier molecular flexibility index (Phi) is 6.26. The summed E-state index contributed by atoms with van der Waals surface area (Å²) in [5, 5.41) is 4.38. The number of morpholine rings is 1. The molecule has 2 aliphatic rings. The maximum Gasteiger partial charge on any atom is 0.156 e. The van der Waals surface area contributed by atoms with Gasteiger partial charge in [-0.15, -0.1) is 0 Å². The third-order valence-electron chi connectivity index (χ3n) is 7.02. The smallest absolute Gasteiger partial charge is 0.156 e. The molecular formula is C28H31FN6O2. The fraction of sp³-hybridized carbons (Fsp3) is 0.393. The lowest BCUT2D eigenvalue weighted by Crippen LogP contribution is -2.42. The van der Waals surface area contributed by atoms with Gasteiger partial charge in [0, 0.05) is 43.0 Å². The molecule has 2 unspecified atom stereocenters. The molecule has 0 radical (unpaired) electrons. The van der Waals surface area contributed by atoms with Gasteiger partial charge < -0.3 is 24.6 Å². The van der Waals surface area contributed by atoms with Gasteiger partial charge in [-0.3, -0.25) is 4.98 Å². The van der Waals surface area contributed by atoms with Gasteiger partial charge >= 0.3 is 0 Å². The van der Waals surface area contributed by atoms with Crippen molar-refractivity contribution in [3.63, 3.8) is 0 Å². The fourth-order valence-electron chi connectivity index (χ4n) is 5.44. The zero-order valence-electron chi connectivity index (χ0n) is 21.3. The van der Waals surface area contributed by atoms with Crippen LogP contribution in [0.1, 0.15) is 19.8 Å². The quantitative estimate of drug-likeness (QED) is 0.388. The molecule has 8 nitrogen and oxygen atoms in total. The van der Waals surface area contributed by atoms with Crippen molar-refractivity contribution in [2.24, 2.45) is 0 Å². The van der Waals surface area contributed by atoms with E-state index in [4.69, 9.17) is 9.47 Å². The SMILES string of the molecule is C[C@H](CN(C)C)Oc1cc(N2CC3CCC(C2)O3)cc2ncnc(Nc3ccc4ncccc4c3F)c12. The Balaban J connectivity index is 1.42. The summed E-state index contributed by atoms with van der Waals surface area (Å²) in [6.45, 7) is 4.49. The lowest BCUT2D eigenvalue weighted by molar-refractivity contribution is 0.0305. The van der Waals surface area contributed by atoms with Crippen LogP contribution in [0.15, 0.2) is 48.9 Å². The molecule has 3 atom stereocenters. The van der Waals surface area contributed by atoms with Crippen LogP contribution >= 0.6 is 0 Å². The number of fused-ring (bicyclic) bond motifs is 4. The van der Waals surface area contributed by atoms with Crippen LogP contribution in [0.2, 0.25) is 0 Å². The van der Waals surface area contributed by atoms with Gasteiger partial charge in [0.05, 0.1) is 34.3 Å². The number of aromatic nitrogens is 3. The van der Waals surface area contributed by atoms with Crippen molar-refractivity contribution in [1.29, 1.82) is 0 Å². The predicted molar refractivity (Wildman–Crippen MR) is 143 cm³/mol. The number of hydrogen-bond donors (Lipinski definition) is 1. The number of hydrogen-bond acceptors (Lipinski definition) is 8. The van der Waals surface area contributed by atoms with Crippen molar-refractivity contribution < 1.29 is 13.9 Å². The normalized spacial score (nSPS) is 20.1. The maximum absolute atomic E-state index is 15.4. The first-order valence-corrected chi connectivity index (χ1v) is 12.8. The van der Waals surface area contributed by atoms with Crippen molar-refractivity contribution in [2.45, 2.75) is 38.1 Å². The summed E-state index contributed by atoms with van der Waals surface area (Å²) in [7, 11) is 4.04. The third-order valence-corrected chi connectivity index (χ3v) is 7.02. The highest BCUT2D eigenvalue weighted by Gasteiger charge is 2.34. The van der Waals surface area contributed by atoms with E-state index in [1.165, 1.54) is 6.33 Å². The number of anilines is 3. The number of rotatable bonds is 7. The second-order valence-corrected chi connectivity index (χ2v) is 10.2. The van der Waals surface area contributed by atoms with Crippen molar-refractivity contribution in [2.75, 3.05) is 43.9 Å². The summed E-state index contributed by atoms with van der Waals surface area (Å²) in [5.41, 5.74) is 2.71. The number of nitrogens with zero attached hydrogens (tertiary/aromatic N) is 5. The van der Waals surface area contributed by atoms with E-state index in [0.717, 1.165) is 49.1 Å². The molecule has 1 N–H and O–H groups in total. The van der Waals surface area contributed by atoms with Crippen LogP contribution in [-0.2, 0) is 4.74 Å². The molecule has 0 saturated carbocycles. The highest BCUT2D eigenvalue weighted by atomic mass is 19.1. The van der Waals surface area contributed by atoms with E-state index >= 15 is 4.39 Å². The van der Waals surface area contributed by atoms with Gasteiger partial charge in [-0.1, -0.05) is 0 Å². The van der Waals surface area contributed by atoms with Crippen LogP contribution in [0.5, 0.6) is 5.75 Å². The minimum absolute atomic E-state index is 0.0779. The van der Waals surface area contributed by atoms with E-state index in [9.17, 15) is 0 Å². The van der Waals surface area contributed by atoms with Gasteiger partial charge in [-0.05, 0) is 64.2 Å². The first-order valence-electron chi connectivity index (χ1n) is 12.8. The minimum atomic E-state index is -0.374. The Morgan fingerprint density at radius 1 is 1.11 bits per heavy atom. The number of benzene rings is 2. The first-order chi connectivity index (χ1) is 17.9. The van der Waals surface area contributed by atoms with Gasteiger partial charge in [0.1, 0.15) is 24.0 Å². The van der Waals surface area contributed by atoms with Crippen LogP contribution in [0, 0.1) is 5.82 Å². The molecule has 4 heterocycles. The van der Waals surface area contributed by atoms with Crippen LogP contribution in [0.4, 0.5) is 21.6 Å². The zero-order chi connectivity index (χ0) is 25.5. The Morgan fingerprint density at radius 3 is 2.70 bits per heavy atom. The van der Waals surface area contributed by atoms with Crippen molar-refractivity contribution in [3.8, 4) is 5.75 Å². The highest BCUT2D eigenvalue weighted by Crippen LogP contribution is 2.39. The van der Waals surface area contributed by atoms with E-state index in [1.54, 1.807) is 30.5 Å². The standard InChI is InChI=1S/C28H31FN6O2/c1-17(13-34(2)3)36-25-12-18(35-14-19-6-7-20(15-35)37-19)11-24-26(25)28(32-16-31-24)33-23-9-8-22-21(27(23)29)5-4-10-30-22/h4-5,8-12,16-17,19-20H,6-7,13-15H2,1-3H3,(H,31,32,33)/t17-,19?,20?/m1/s1. The Hall–Kier alpha value is -3.56. The summed E-state index contributed by atoms with van der Waals surface area (Å²) < 4.78 is 27.9. The Morgan fingerprint density at radius 2 is 1.92 bits per heavy atom. The molecule has 2 fully saturated rings. The summed E-state index contributed by atoms with van der Waals surface area (Å²) in [5.74, 6) is 0.792. The van der Waals surface area contributed by atoms with E-state index in [-0.39, 0.29) is 24.1 Å². The van der Waals surface area contributed by atoms with E-state index in [2.05, 4.69) is 42.2 Å². The van der Waals surface area contributed by atoms with Gasteiger partial charge in [-0.2, -0.15) is 0 Å². The van der Waals surface area contributed by atoms with Crippen molar-refractivity contribution in [3.05, 3.63) is 54.7 Å². The molecule has 2 aromatic carbocycles. The van der Waals surface area contributed by atoms with Crippen LogP contribution in [-0.4, -0.2) is 71.9 Å². The molecule has 192 valence electrons. The second kappa shape index (κ2) is 9.72. The molecule has 2 aliphatic heterocycles. The zero-order valence-corrected chi connectivity index (χ0v) is 21.3. The molecule has 6 rings (SSSR count). The van der Waals surface area contributed by atoms with E-state index < -0.39 is 0 Å². The van der Waals surface area contributed by atoms with Gasteiger partial charge in [0.25, 0.3) is 0 Å². The predicted octanol–water partition coefficient (Wildman–Crippen LogP) is 4.76. The third kappa shape index (κ3) is 4.76. The number of ether oxygens (including phenoxy) is 2. The van der Waals surface area contributed by atoms with Crippen LogP contribution in [0.3, 0.4) is 0 Å². The molecule has 4 aromatic rings. The first kappa shape index (κ1) is 23.8. The molecule has 0 aliphatic carbocycles. The van der Waals surface area contributed by atoms with Crippen LogP contribution < -0.4 is 15.0 Å². The molecule has 2 aromatic heterocycles. The average Bonchev–Trinajstić information content (AvgIpc) is 3.22. The summed E-state index contributed by atoms with van der Waals surface area (Å²) in [4.78, 5) is 17.8.